The summed E-state index contributed by atoms with van der Waals surface area (Å²) < 4.78 is 66.4. The molecule has 0 aromatic heterocycles. The van der Waals surface area contributed by atoms with E-state index >= 15 is 0 Å². The summed E-state index contributed by atoms with van der Waals surface area (Å²) in [5.41, 5.74) is -4.83. The van der Waals surface area contributed by atoms with E-state index in [-0.39, 0.29) is 13.1 Å². The Morgan fingerprint density at radius 2 is 1.50 bits per heavy atom. The average Bonchev–Trinajstić information content (AvgIpc) is 2.53. The predicted octanol–water partition coefficient (Wildman–Crippen LogP) is 4.00. The van der Waals surface area contributed by atoms with Crippen LogP contribution in [0.1, 0.15) is 32.6 Å². The summed E-state index contributed by atoms with van der Waals surface area (Å²) in [6.45, 7) is 4.14. The number of rotatable bonds is 3. The maximum atomic E-state index is 14.1. The van der Waals surface area contributed by atoms with Crippen LogP contribution >= 0.6 is 0 Å². The van der Waals surface area contributed by atoms with Crippen molar-refractivity contribution in [2.24, 2.45) is 0 Å². The van der Waals surface area contributed by atoms with Gasteiger partial charge in [0.15, 0.2) is 0 Å². The van der Waals surface area contributed by atoms with Crippen LogP contribution in [0.15, 0.2) is 12.2 Å². The SMILES string of the molecule is C=C(C)C(F)(C(F)N1CCCCCC1)C(F)(F)F. The fourth-order valence-corrected chi connectivity index (χ4v) is 2.15. The highest BCUT2D eigenvalue weighted by atomic mass is 19.4. The van der Waals surface area contributed by atoms with Crippen molar-refractivity contribution in [2.75, 3.05) is 13.1 Å². The van der Waals surface area contributed by atoms with Gasteiger partial charge in [-0.3, -0.25) is 4.90 Å². The van der Waals surface area contributed by atoms with Gasteiger partial charge in [0.05, 0.1) is 0 Å². The van der Waals surface area contributed by atoms with E-state index in [0.29, 0.717) is 12.8 Å². The van der Waals surface area contributed by atoms with Crippen LogP contribution in [0.25, 0.3) is 0 Å². The Kier molecular flexibility index (Phi) is 4.75. The predicted molar refractivity (Wildman–Crippen MR) is 59.6 cm³/mol. The average molecular weight is 271 g/mol. The molecule has 0 aromatic rings. The molecule has 1 fully saturated rings. The molecule has 0 N–H and O–H groups in total. The largest absolute Gasteiger partial charge is 0.430 e. The lowest BCUT2D eigenvalue weighted by atomic mass is 9.95. The molecule has 18 heavy (non-hydrogen) atoms. The van der Waals surface area contributed by atoms with Crippen molar-refractivity contribution in [3.05, 3.63) is 12.2 Å². The van der Waals surface area contributed by atoms with Gasteiger partial charge in [0.1, 0.15) is 0 Å². The third kappa shape index (κ3) is 2.84. The number of hydrogen-bond donors (Lipinski definition) is 0. The molecular formula is C12H18F5N. The van der Waals surface area contributed by atoms with Crippen molar-refractivity contribution in [1.82, 2.24) is 4.90 Å². The zero-order valence-electron chi connectivity index (χ0n) is 10.4. The van der Waals surface area contributed by atoms with E-state index in [4.69, 9.17) is 0 Å². The minimum atomic E-state index is -5.29. The molecule has 1 heterocycles. The highest BCUT2D eigenvalue weighted by Gasteiger charge is 2.63. The van der Waals surface area contributed by atoms with Crippen LogP contribution in [0.4, 0.5) is 22.0 Å². The fourth-order valence-electron chi connectivity index (χ4n) is 2.15. The van der Waals surface area contributed by atoms with Crippen LogP contribution in [0, 0.1) is 0 Å². The molecule has 0 spiro atoms. The number of alkyl halides is 5. The smallest absolute Gasteiger partial charge is 0.271 e. The second-order valence-electron chi connectivity index (χ2n) is 4.78. The van der Waals surface area contributed by atoms with Gasteiger partial charge in [-0.1, -0.05) is 19.4 Å². The number of nitrogens with zero attached hydrogens (tertiary/aromatic N) is 1. The maximum Gasteiger partial charge on any atom is 0.430 e. The Labute approximate surface area is 104 Å². The maximum absolute atomic E-state index is 14.1. The highest BCUT2D eigenvalue weighted by Crippen LogP contribution is 2.44. The molecule has 0 aliphatic carbocycles. The summed E-state index contributed by atoms with van der Waals surface area (Å²) in [4.78, 5) is 0.940. The topological polar surface area (TPSA) is 3.24 Å². The summed E-state index contributed by atoms with van der Waals surface area (Å²) in [5.74, 6) is 0. The molecule has 1 aliphatic rings. The van der Waals surface area contributed by atoms with E-state index in [1.807, 2.05) is 0 Å². The van der Waals surface area contributed by atoms with Crippen molar-refractivity contribution in [2.45, 2.75) is 50.7 Å². The van der Waals surface area contributed by atoms with E-state index in [0.717, 1.165) is 24.7 Å². The van der Waals surface area contributed by atoms with Crippen molar-refractivity contribution in [3.8, 4) is 0 Å². The van der Waals surface area contributed by atoms with Crippen LogP contribution in [-0.4, -0.2) is 36.1 Å². The van der Waals surface area contributed by atoms with Crippen LogP contribution in [0.3, 0.4) is 0 Å². The molecule has 0 saturated carbocycles. The molecule has 106 valence electrons. The first-order chi connectivity index (χ1) is 8.21. The quantitative estimate of drug-likeness (QED) is 0.426. The Balaban J connectivity index is 2.95. The first kappa shape index (κ1) is 15.4. The number of hydrogen-bond acceptors (Lipinski definition) is 1. The van der Waals surface area contributed by atoms with Gasteiger partial charge in [-0.2, -0.15) is 13.2 Å². The number of halogens is 5. The van der Waals surface area contributed by atoms with Gasteiger partial charge in [-0.15, -0.1) is 0 Å². The lowest BCUT2D eigenvalue weighted by Crippen LogP contribution is -2.56. The van der Waals surface area contributed by atoms with E-state index in [1.165, 1.54) is 0 Å². The summed E-state index contributed by atoms with van der Waals surface area (Å²) >= 11 is 0. The van der Waals surface area contributed by atoms with Gasteiger partial charge in [-0.05, 0) is 25.3 Å². The first-order valence-electron chi connectivity index (χ1n) is 6.01. The van der Waals surface area contributed by atoms with Crippen molar-refractivity contribution >= 4 is 0 Å². The molecular weight excluding hydrogens is 253 g/mol. The minimum absolute atomic E-state index is 0.149. The van der Waals surface area contributed by atoms with Gasteiger partial charge in [0, 0.05) is 13.1 Å². The molecule has 2 atom stereocenters. The summed E-state index contributed by atoms with van der Waals surface area (Å²) in [6.07, 6.45) is -5.16. The molecule has 1 nitrogen and oxygen atoms in total. The lowest BCUT2D eigenvalue weighted by molar-refractivity contribution is -0.253. The first-order valence-corrected chi connectivity index (χ1v) is 6.01. The Morgan fingerprint density at radius 1 is 1.06 bits per heavy atom. The molecule has 6 heteroatoms. The monoisotopic (exact) mass is 271 g/mol. The molecule has 0 radical (unpaired) electrons. The van der Waals surface area contributed by atoms with Crippen LogP contribution in [0.2, 0.25) is 0 Å². The second-order valence-corrected chi connectivity index (χ2v) is 4.78. The standard InChI is InChI=1S/C12H18F5N/c1-9(2)11(14,12(15,16)17)10(13)18-7-5-3-4-6-8-18/h10H,1,3-8H2,2H3. The zero-order valence-corrected chi connectivity index (χ0v) is 10.4. The Bertz CT molecular complexity index is 293. The van der Waals surface area contributed by atoms with Crippen molar-refractivity contribution in [3.63, 3.8) is 0 Å². The van der Waals surface area contributed by atoms with Gasteiger partial charge in [0.2, 0.25) is 6.30 Å². The van der Waals surface area contributed by atoms with Gasteiger partial charge in [0.25, 0.3) is 5.67 Å². The fraction of sp³-hybridized carbons (Fsp3) is 0.833. The Hall–Kier alpha value is -0.650. The summed E-state index contributed by atoms with van der Waals surface area (Å²) in [5, 5.41) is 0. The van der Waals surface area contributed by atoms with Gasteiger partial charge < -0.3 is 0 Å². The molecule has 1 saturated heterocycles. The van der Waals surface area contributed by atoms with Crippen molar-refractivity contribution < 1.29 is 22.0 Å². The molecule has 2 unspecified atom stereocenters. The number of likely N-dealkylation sites (tertiary alicyclic amines) is 1. The minimum Gasteiger partial charge on any atom is -0.271 e. The third-order valence-electron chi connectivity index (χ3n) is 3.32. The Morgan fingerprint density at radius 3 is 1.83 bits per heavy atom. The summed E-state index contributed by atoms with van der Waals surface area (Å²) in [7, 11) is 0. The third-order valence-corrected chi connectivity index (χ3v) is 3.32. The highest BCUT2D eigenvalue weighted by molar-refractivity contribution is 5.17. The van der Waals surface area contributed by atoms with Crippen LogP contribution in [-0.2, 0) is 0 Å². The molecule has 0 aromatic carbocycles. The molecule has 0 bridgehead atoms. The van der Waals surface area contributed by atoms with Crippen LogP contribution < -0.4 is 0 Å². The van der Waals surface area contributed by atoms with Gasteiger partial charge >= 0.3 is 6.18 Å². The van der Waals surface area contributed by atoms with E-state index in [1.54, 1.807) is 0 Å². The van der Waals surface area contributed by atoms with E-state index in [2.05, 4.69) is 6.58 Å². The van der Waals surface area contributed by atoms with Gasteiger partial charge in [-0.25, -0.2) is 8.78 Å². The molecule has 0 amide bonds. The molecule has 1 rings (SSSR count). The van der Waals surface area contributed by atoms with E-state index in [9.17, 15) is 22.0 Å². The van der Waals surface area contributed by atoms with E-state index < -0.39 is 23.7 Å². The van der Waals surface area contributed by atoms with Crippen LogP contribution in [0.5, 0.6) is 0 Å². The normalized spacial score (nSPS) is 24.1. The second kappa shape index (κ2) is 5.55. The summed E-state index contributed by atoms with van der Waals surface area (Å²) in [6, 6.07) is 0. The zero-order chi connectivity index (χ0) is 14.0. The lowest BCUT2D eigenvalue weighted by Gasteiger charge is -2.37. The molecule has 1 aliphatic heterocycles. The van der Waals surface area contributed by atoms with Crippen molar-refractivity contribution in [1.29, 1.82) is 0 Å².